The molecule has 0 radical (unpaired) electrons. The molecule has 0 saturated heterocycles. The van der Waals surface area contributed by atoms with Gasteiger partial charge in [0.2, 0.25) is 0 Å². The Morgan fingerprint density at radius 1 is 1.35 bits per heavy atom. The number of Topliss-reactive ketones (excluding diaryl/α,β-unsaturated/α-hetero) is 1. The van der Waals surface area contributed by atoms with Crippen molar-refractivity contribution in [3.8, 4) is 0 Å². The summed E-state index contributed by atoms with van der Waals surface area (Å²) in [6.45, 7) is 4.45. The van der Waals surface area contributed by atoms with Crippen LogP contribution in [0.5, 0.6) is 0 Å². The molecule has 1 fully saturated rings. The van der Waals surface area contributed by atoms with Crippen molar-refractivity contribution in [1.82, 2.24) is 4.98 Å². The number of nitrogens with zero attached hydrogens (tertiary/aromatic N) is 1. The first-order chi connectivity index (χ1) is 9.47. The molecule has 0 bridgehead atoms. The van der Waals surface area contributed by atoms with Gasteiger partial charge < -0.3 is 10.4 Å². The van der Waals surface area contributed by atoms with Crippen LogP contribution in [0.15, 0.2) is 0 Å². The second-order valence-corrected chi connectivity index (χ2v) is 6.56. The van der Waals surface area contributed by atoms with Gasteiger partial charge in [0, 0.05) is 13.5 Å². The first kappa shape index (κ1) is 15.0. The van der Waals surface area contributed by atoms with Crippen molar-refractivity contribution >= 4 is 28.2 Å². The molecule has 0 spiro atoms. The quantitative estimate of drug-likeness (QED) is 0.815. The Kier molecular flexibility index (Phi) is 4.75. The Hall–Kier alpha value is -1.43. The summed E-state index contributed by atoms with van der Waals surface area (Å²) < 4.78 is 0. The number of nitrogens with one attached hydrogen (secondary N) is 1. The van der Waals surface area contributed by atoms with E-state index in [1.165, 1.54) is 32.6 Å². The number of thiazole rings is 1. The Morgan fingerprint density at radius 2 is 2.00 bits per heavy atom. The molecule has 1 saturated carbocycles. The molecule has 2 N–H and O–H groups in total. The van der Waals surface area contributed by atoms with Crippen LogP contribution in [0, 0.1) is 11.8 Å². The number of hydrogen-bond donors (Lipinski definition) is 2. The Morgan fingerprint density at radius 3 is 2.50 bits per heavy atom. The van der Waals surface area contributed by atoms with E-state index < -0.39 is 5.97 Å². The number of aromatic nitrogens is 1. The van der Waals surface area contributed by atoms with Crippen molar-refractivity contribution in [2.45, 2.75) is 39.5 Å². The largest absolute Gasteiger partial charge is 0.476 e. The molecule has 0 aromatic carbocycles. The van der Waals surface area contributed by atoms with Crippen LogP contribution in [0.2, 0.25) is 0 Å². The third kappa shape index (κ3) is 3.56. The van der Waals surface area contributed by atoms with Crippen molar-refractivity contribution < 1.29 is 14.7 Å². The molecule has 1 aromatic heterocycles. The monoisotopic (exact) mass is 296 g/mol. The number of rotatable bonds is 5. The van der Waals surface area contributed by atoms with Crippen LogP contribution in [0.1, 0.15) is 59.7 Å². The van der Waals surface area contributed by atoms with Crippen LogP contribution in [0.25, 0.3) is 0 Å². The van der Waals surface area contributed by atoms with Gasteiger partial charge >= 0.3 is 5.97 Å². The molecule has 0 amide bonds. The topological polar surface area (TPSA) is 79.3 Å². The summed E-state index contributed by atoms with van der Waals surface area (Å²) in [6.07, 6.45) is 4.91. The number of carboxylic acids is 1. The highest BCUT2D eigenvalue weighted by Gasteiger charge is 2.22. The molecule has 1 aliphatic carbocycles. The van der Waals surface area contributed by atoms with Gasteiger partial charge in [-0.05, 0) is 24.7 Å². The highest BCUT2D eigenvalue weighted by atomic mass is 32.1. The second-order valence-electron chi connectivity index (χ2n) is 5.56. The van der Waals surface area contributed by atoms with E-state index in [4.69, 9.17) is 5.11 Å². The number of ketones is 1. The Bertz CT molecular complexity index is 473. The summed E-state index contributed by atoms with van der Waals surface area (Å²) in [5.74, 6) is 0.0311. The van der Waals surface area contributed by atoms with Gasteiger partial charge in [0.15, 0.2) is 16.6 Å². The number of carboxylic acid groups (broad SMARTS) is 1. The van der Waals surface area contributed by atoms with E-state index in [-0.39, 0.29) is 16.4 Å². The maximum atomic E-state index is 11.4. The summed E-state index contributed by atoms with van der Waals surface area (Å²) in [4.78, 5) is 26.7. The van der Waals surface area contributed by atoms with Gasteiger partial charge in [0.05, 0.1) is 0 Å². The smallest absolute Gasteiger partial charge is 0.356 e. The van der Waals surface area contributed by atoms with E-state index in [1.54, 1.807) is 0 Å². The first-order valence-electron chi connectivity index (χ1n) is 6.96. The van der Waals surface area contributed by atoms with Gasteiger partial charge in [0.25, 0.3) is 0 Å². The SMILES string of the molecule is CC(=O)c1sc(NCC2CCC(C)CC2)nc1C(=O)O. The third-order valence-electron chi connectivity index (χ3n) is 3.83. The number of anilines is 1. The van der Waals surface area contributed by atoms with Gasteiger partial charge in [-0.3, -0.25) is 4.79 Å². The van der Waals surface area contributed by atoms with Crippen LogP contribution < -0.4 is 5.32 Å². The molecule has 1 heterocycles. The van der Waals surface area contributed by atoms with Crippen molar-refractivity contribution in [1.29, 1.82) is 0 Å². The fourth-order valence-corrected chi connectivity index (χ4v) is 3.40. The Labute approximate surface area is 122 Å². The fourth-order valence-electron chi connectivity index (χ4n) is 2.54. The van der Waals surface area contributed by atoms with Crippen molar-refractivity contribution in [3.05, 3.63) is 10.6 Å². The minimum absolute atomic E-state index is 0.137. The molecule has 1 aliphatic rings. The van der Waals surface area contributed by atoms with E-state index in [0.717, 1.165) is 23.8 Å². The third-order valence-corrected chi connectivity index (χ3v) is 4.94. The van der Waals surface area contributed by atoms with Gasteiger partial charge in [-0.15, -0.1) is 0 Å². The molecular formula is C14H20N2O3S. The molecule has 5 nitrogen and oxygen atoms in total. The van der Waals surface area contributed by atoms with Crippen LogP contribution in [-0.4, -0.2) is 28.4 Å². The number of hydrogen-bond acceptors (Lipinski definition) is 5. The van der Waals surface area contributed by atoms with E-state index in [1.807, 2.05) is 0 Å². The van der Waals surface area contributed by atoms with Crippen molar-refractivity contribution in [2.24, 2.45) is 11.8 Å². The molecule has 0 unspecified atom stereocenters. The molecule has 1 aromatic rings. The maximum absolute atomic E-state index is 11.4. The van der Waals surface area contributed by atoms with Gasteiger partial charge in [-0.2, -0.15) is 0 Å². The number of carbonyl (C=O) groups excluding carboxylic acids is 1. The van der Waals surface area contributed by atoms with E-state index >= 15 is 0 Å². The van der Waals surface area contributed by atoms with E-state index in [9.17, 15) is 9.59 Å². The Balaban J connectivity index is 1.98. The van der Waals surface area contributed by atoms with Crippen LogP contribution in [0.3, 0.4) is 0 Å². The van der Waals surface area contributed by atoms with Crippen LogP contribution in [-0.2, 0) is 0 Å². The molecule has 2 rings (SSSR count). The summed E-state index contributed by atoms with van der Waals surface area (Å²) in [7, 11) is 0. The first-order valence-corrected chi connectivity index (χ1v) is 7.78. The summed E-state index contributed by atoms with van der Waals surface area (Å²) in [5, 5.41) is 12.8. The lowest BCUT2D eigenvalue weighted by Gasteiger charge is -2.26. The predicted molar refractivity (Wildman–Crippen MR) is 78.7 cm³/mol. The lowest BCUT2D eigenvalue weighted by molar-refractivity contribution is 0.0687. The van der Waals surface area contributed by atoms with Crippen LogP contribution in [0.4, 0.5) is 5.13 Å². The molecule has 110 valence electrons. The summed E-state index contributed by atoms with van der Waals surface area (Å²) >= 11 is 1.13. The highest BCUT2D eigenvalue weighted by molar-refractivity contribution is 7.17. The minimum atomic E-state index is -1.15. The maximum Gasteiger partial charge on any atom is 0.356 e. The second kappa shape index (κ2) is 6.35. The molecular weight excluding hydrogens is 276 g/mol. The average molecular weight is 296 g/mol. The van der Waals surface area contributed by atoms with Gasteiger partial charge in [-0.1, -0.05) is 31.1 Å². The molecule has 20 heavy (non-hydrogen) atoms. The zero-order chi connectivity index (χ0) is 14.7. The minimum Gasteiger partial charge on any atom is -0.476 e. The fraction of sp³-hybridized carbons (Fsp3) is 0.643. The standard InChI is InChI=1S/C14H20N2O3S/c1-8-3-5-10(6-4-8)7-15-14-16-11(13(18)19)12(20-14)9(2)17/h8,10H,3-7H2,1-2H3,(H,15,16)(H,18,19). The van der Waals surface area contributed by atoms with Crippen molar-refractivity contribution in [2.75, 3.05) is 11.9 Å². The number of carbonyl (C=O) groups is 2. The zero-order valence-corrected chi connectivity index (χ0v) is 12.6. The normalized spacial score (nSPS) is 22.5. The van der Waals surface area contributed by atoms with Gasteiger partial charge in [0.1, 0.15) is 4.88 Å². The molecule has 0 atom stereocenters. The lowest BCUT2D eigenvalue weighted by Crippen LogP contribution is -2.20. The van der Waals surface area contributed by atoms with Crippen LogP contribution >= 0.6 is 11.3 Å². The van der Waals surface area contributed by atoms with Crippen molar-refractivity contribution in [3.63, 3.8) is 0 Å². The number of aromatic carboxylic acids is 1. The highest BCUT2D eigenvalue weighted by Crippen LogP contribution is 2.29. The summed E-state index contributed by atoms with van der Waals surface area (Å²) in [6, 6.07) is 0. The molecule has 6 heteroatoms. The predicted octanol–water partition coefficient (Wildman–Crippen LogP) is 3.28. The summed E-state index contributed by atoms with van der Waals surface area (Å²) in [5.41, 5.74) is -0.137. The van der Waals surface area contributed by atoms with E-state index in [2.05, 4.69) is 17.2 Å². The van der Waals surface area contributed by atoms with E-state index in [0.29, 0.717) is 11.0 Å². The lowest BCUT2D eigenvalue weighted by atomic mass is 9.83. The zero-order valence-electron chi connectivity index (χ0n) is 11.8. The molecule has 0 aliphatic heterocycles. The average Bonchev–Trinajstić information content (AvgIpc) is 2.83. The van der Waals surface area contributed by atoms with Gasteiger partial charge in [-0.25, -0.2) is 9.78 Å².